The molecule has 9 nitrogen and oxygen atoms in total. The van der Waals surface area contributed by atoms with E-state index < -0.39 is 0 Å². The number of hydrogen-bond donors (Lipinski definition) is 1. The van der Waals surface area contributed by atoms with Gasteiger partial charge in [-0.05, 0) is 31.7 Å². The molecule has 29 heavy (non-hydrogen) atoms. The van der Waals surface area contributed by atoms with E-state index in [-0.39, 0.29) is 17.9 Å². The fourth-order valence-electron chi connectivity index (χ4n) is 3.89. The Morgan fingerprint density at radius 1 is 1.31 bits per heavy atom. The summed E-state index contributed by atoms with van der Waals surface area (Å²) in [6.45, 7) is 1.42. The van der Waals surface area contributed by atoms with Crippen molar-refractivity contribution >= 4 is 22.6 Å². The van der Waals surface area contributed by atoms with E-state index in [0.717, 1.165) is 54.5 Å². The van der Waals surface area contributed by atoms with Crippen LogP contribution in [0.4, 0.5) is 5.82 Å². The largest absolute Gasteiger partial charge is 0.481 e. The van der Waals surface area contributed by atoms with Crippen molar-refractivity contribution in [1.82, 2.24) is 24.5 Å². The standard InChI is InChI=1S/C20H24N6O3/c1-25-16-10-21-17(23-19(27)12-5-6-12)8-14(16)18(24-25)15-9-22-26(20(15)28-2)13-4-3-7-29-11-13/h8-10,12-13H,3-7,11H2,1-2H3,(H,21,23,27)/t13-/m1/s1. The van der Waals surface area contributed by atoms with E-state index in [0.29, 0.717) is 18.3 Å². The predicted octanol–water partition coefficient (Wildman–Crippen LogP) is 2.54. The topological polar surface area (TPSA) is 96.1 Å². The van der Waals surface area contributed by atoms with Crippen molar-refractivity contribution in [3.05, 3.63) is 18.5 Å². The molecule has 3 aromatic heterocycles. The smallest absolute Gasteiger partial charge is 0.228 e. The highest BCUT2D eigenvalue weighted by molar-refractivity contribution is 5.98. The number of fused-ring (bicyclic) bond motifs is 1. The number of amides is 1. The van der Waals surface area contributed by atoms with E-state index in [4.69, 9.17) is 14.6 Å². The number of anilines is 1. The van der Waals surface area contributed by atoms with Crippen molar-refractivity contribution < 1.29 is 14.3 Å². The monoisotopic (exact) mass is 396 g/mol. The van der Waals surface area contributed by atoms with E-state index in [9.17, 15) is 4.79 Å². The Kier molecular flexibility index (Phi) is 4.46. The summed E-state index contributed by atoms with van der Waals surface area (Å²) in [5.74, 6) is 1.36. The van der Waals surface area contributed by atoms with E-state index in [1.807, 2.05) is 17.8 Å². The van der Waals surface area contributed by atoms with Crippen LogP contribution in [0.2, 0.25) is 0 Å². The lowest BCUT2D eigenvalue weighted by Crippen LogP contribution is -2.22. The molecule has 9 heteroatoms. The molecular weight excluding hydrogens is 372 g/mol. The Hall–Kier alpha value is -2.94. The minimum absolute atomic E-state index is 0.0324. The maximum atomic E-state index is 12.1. The van der Waals surface area contributed by atoms with E-state index in [1.165, 1.54) is 0 Å². The molecule has 3 aromatic rings. The average molecular weight is 396 g/mol. The van der Waals surface area contributed by atoms with Gasteiger partial charge in [0.25, 0.3) is 0 Å². The van der Waals surface area contributed by atoms with Crippen LogP contribution in [0.25, 0.3) is 22.2 Å². The van der Waals surface area contributed by atoms with Gasteiger partial charge in [-0.1, -0.05) is 0 Å². The molecule has 1 aliphatic heterocycles. The van der Waals surface area contributed by atoms with Crippen LogP contribution in [0.3, 0.4) is 0 Å². The number of carbonyl (C=O) groups is 1. The summed E-state index contributed by atoms with van der Waals surface area (Å²) in [6, 6.07) is 2.02. The van der Waals surface area contributed by atoms with Gasteiger partial charge in [-0.3, -0.25) is 9.48 Å². The Balaban J connectivity index is 1.55. The van der Waals surface area contributed by atoms with Crippen molar-refractivity contribution in [2.75, 3.05) is 25.6 Å². The van der Waals surface area contributed by atoms with Gasteiger partial charge in [0, 0.05) is 25.0 Å². The van der Waals surface area contributed by atoms with E-state index in [2.05, 4.69) is 15.4 Å². The minimum Gasteiger partial charge on any atom is -0.481 e. The highest BCUT2D eigenvalue weighted by Gasteiger charge is 2.30. The first-order chi connectivity index (χ1) is 14.2. The summed E-state index contributed by atoms with van der Waals surface area (Å²) in [7, 11) is 3.52. The van der Waals surface area contributed by atoms with Gasteiger partial charge in [-0.2, -0.15) is 10.2 Å². The highest BCUT2D eigenvalue weighted by atomic mass is 16.5. The summed E-state index contributed by atoms with van der Waals surface area (Å²) in [6.07, 6.45) is 7.44. The summed E-state index contributed by atoms with van der Waals surface area (Å²) >= 11 is 0. The van der Waals surface area contributed by atoms with E-state index in [1.54, 1.807) is 24.2 Å². The number of nitrogens with one attached hydrogen (secondary N) is 1. The molecule has 1 atom stereocenters. The minimum atomic E-state index is 0.0324. The van der Waals surface area contributed by atoms with Gasteiger partial charge < -0.3 is 14.8 Å². The maximum Gasteiger partial charge on any atom is 0.228 e. The Morgan fingerprint density at radius 3 is 2.90 bits per heavy atom. The summed E-state index contributed by atoms with van der Waals surface area (Å²) in [5.41, 5.74) is 2.45. The molecule has 1 amide bonds. The van der Waals surface area contributed by atoms with Crippen LogP contribution in [0, 0.1) is 5.92 Å². The van der Waals surface area contributed by atoms with Gasteiger partial charge in [0.1, 0.15) is 11.5 Å². The number of nitrogens with zero attached hydrogens (tertiary/aromatic N) is 5. The lowest BCUT2D eigenvalue weighted by Gasteiger charge is -2.23. The molecular formula is C20H24N6O3. The van der Waals surface area contributed by atoms with Crippen LogP contribution < -0.4 is 10.1 Å². The van der Waals surface area contributed by atoms with Crippen LogP contribution in [0.5, 0.6) is 5.88 Å². The van der Waals surface area contributed by atoms with E-state index >= 15 is 0 Å². The van der Waals surface area contributed by atoms with Gasteiger partial charge in [0.15, 0.2) is 0 Å². The third-order valence-electron chi connectivity index (χ3n) is 5.62. The number of methoxy groups -OCH3 is 1. The first-order valence-electron chi connectivity index (χ1n) is 9.99. The van der Waals surface area contributed by atoms with Gasteiger partial charge in [0.2, 0.25) is 11.8 Å². The number of carbonyl (C=O) groups excluding carboxylic acids is 1. The van der Waals surface area contributed by atoms with Gasteiger partial charge in [-0.15, -0.1) is 0 Å². The quantitative estimate of drug-likeness (QED) is 0.712. The van der Waals surface area contributed by atoms with Crippen molar-refractivity contribution in [1.29, 1.82) is 0 Å². The summed E-state index contributed by atoms with van der Waals surface area (Å²) in [4.78, 5) is 16.5. The molecule has 1 aliphatic carbocycles. The third kappa shape index (κ3) is 3.25. The van der Waals surface area contributed by atoms with Crippen LogP contribution in [0.15, 0.2) is 18.5 Å². The van der Waals surface area contributed by atoms with Crippen LogP contribution in [-0.2, 0) is 16.6 Å². The molecule has 0 aromatic carbocycles. The molecule has 4 heterocycles. The molecule has 2 fully saturated rings. The average Bonchev–Trinajstić information content (AvgIpc) is 3.44. The number of pyridine rings is 1. The predicted molar refractivity (Wildman–Crippen MR) is 107 cm³/mol. The summed E-state index contributed by atoms with van der Waals surface area (Å²) < 4.78 is 15.0. The summed E-state index contributed by atoms with van der Waals surface area (Å²) in [5, 5.41) is 13.1. The fourth-order valence-corrected chi connectivity index (χ4v) is 3.89. The van der Waals surface area contributed by atoms with Crippen LogP contribution in [-0.4, -0.2) is 50.8 Å². The van der Waals surface area contributed by atoms with Crippen molar-refractivity contribution in [2.24, 2.45) is 13.0 Å². The highest BCUT2D eigenvalue weighted by Crippen LogP contribution is 2.37. The first kappa shape index (κ1) is 18.1. The number of aryl methyl sites for hydroxylation is 1. The second-order valence-corrected chi connectivity index (χ2v) is 7.71. The molecule has 0 unspecified atom stereocenters. The Bertz CT molecular complexity index is 1060. The lowest BCUT2D eigenvalue weighted by atomic mass is 10.1. The van der Waals surface area contributed by atoms with Crippen LogP contribution in [0.1, 0.15) is 31.7 Å². The SMILES string of the molecule is COc1c(-c2nn(C)c3cnc(NC(=O)C4CC4)cc23)cnn1[C@@H]1CCCOC1. The second kappa shape index (κ2) is 7.14. The number of aromatic nitrogens is 5. The molecule has 152 valence electrons. The Morgan fingerprint density at radius 2 is 2.17 bits per heavy atom. The lowest BCUT2D eigenvalue weighted by molar-refractivity contribution is -0.117. The normalized spacial score (nSPS) is 19.4. The zero-order chi connectivity index (χ0) is 20.0. The maximum absolute atomic E-state index is 12.1. The second-order valence-electron chi connectivity index (χ2n) is 7.71. The zero-order valence-corrected chi connectivity index (χ0v) is 16.6. The number of ether oxygens (including phenoxy) is 2. The van der Waals surface area contributed by atoms with Gasteiger partial charge in [0.05, 0.1) is 43.2 Å². The van der Waals surface area contributed by atoms with Crippen molar-refractivity contribution in [2.45, 2.75) is 31.7 Å². The molecule has 0 spiro atoms. The molecule has 0 radical (unpaired) electrons. The molecule has 2 aliphatic rings. The molecule has 1 saturated heterocycles. The molecule has 1 saturated carbocycles. The fraction of sp³-hybridized carbons (Fsp3) is 0.500. The zero-order valence-electron chi connectivity index (χ0n) is 16.6. The molecule has 1 N–H and O–H groups in total. The molecule has 0 bridgehead atoms. The van der Waals surface area contributed by atoms with Gasteiger partial charge >= 0.3 is 0 Å². The Labute approximate surface area is 168 Å². The number of rotatable bonds is 5. The van der Waals surface area contributed by atoms with Crippen molar-refractivity contribution in [3.63, 3.8) is 0 Å². The van der Waals surface area contributed by atoms with Gasteiger partial charge in [-0.25, -0.2) is 9.67 Å². The van der Waals surface area contributed by atoms with Crippen molar-refractivity contribution in [3.8, 4) is 17.1 Å². The van der Waals surface area contributed by atoms with Crippen LogP contribution >= 0.6 is 0 Å². The number of hydrogen-bond acceptors (Lipinski definition) is 6. The molecule has 5 rings (SSSR count). The third-order valence-corrected chi connectivity index (χ3v) is 5.62. The first-order valence-corrected chi connectivity index (χ1v) is 9.99.